The number of amides is 3. The van der Waals surface area contributed by atoms with E-state index in [1.54, 1.807) is 53.0 Å². The van der Waals surface area contributed by atoms with Gasteiger partial charge in [0.15, 0.2) is 5.82 Å². The minimum Gasteiger partial charge on any atom is -0.324 e. The van der Waals surface area contributed by atoms with E-state index in [0.717, 1.165) is 16.6 Å². The molecule has 1 aliphatic rings. The molecule has 3 aromatic carbocycles. The van der Waals surface area contributed by atoms with Crippen molar-refractivity contribution in [3.8, 4) is 5.69 Å². The van der Waals surface area contributed by atoms with Crippen LogP contribution in [0.15, 0.2) is 73.1 Å². The van der Waals surface area contributed by atoms with Crippen LogP contribution in [-0.4, -0.2) is 59.2 Å². The van der Waals surface area contributed by atoms with Gasteiger partial charge in [-0.1, -0.05) is 35.9 Å². The number of tetrazole rings is 1. The normalized spacial score (nSPS) is 14.6. The van der Waals surface area contributed by atoms with Crippen LogP contribution in [0.4, 0.5) is 11.5 Å². The minimum absolute atomic E-state index is 0.252. The zero-order chi connectivity index (χ0) is 30.1. The molecule has 5 aromatic rings. The summed E-state index contributed by atoms with van der Waals surface area (Å²) in [7, 11) is 1.77. The molecule has 0 fully saturated rings. The number of halogens is 1. The van der Waals surface area contributed by atoms with Crippen LogP contribution in [0.5, 0.6) is 0 Å². The fraction of sp³-hybridized carbons (Fsp3) is 0.167. The van der Waals surface area contributed by atoms with Crippen LogP contribution >= 0.6 is 11.6 Å². The summed E-state index contributed by atoms with van der Waals surface area (Å²) in [5, 5.41) is 22.5. The first-order valence-corrected chi connectivity index (χ1v) is 13.8. The lowest BCUT2D eigenvalue weighted by atomic mass is 9.91. The predicted octanol–water partition coefficient (Wildman–Crippen LogP) is 3.94. The van der Waals surface area contributed by atoms with E-state index in [9.17, 15) is 14.4 Å². The van der Waals surface area contributed by atoms with Gasteiger partial charge >= 0.3 is 0 Å². The average molecular weight is 596 g/mol. The number of hydrogen-bond acceptors (Lipinski definition) is 7. The van der Waals surface area contributed by atoms with Crippen LogP contribution in [0.3, 0.4) is 0 Å². The number of aromatic nitrogens is 6. The molecule has 2 aromatic heterocycles. The van der Waals surface area contributed by atoms with Gasteiger partial charge in [0.2, 0.25) is 11.8 Å². The van der Waals surface area contributed by atoms with Gasteiger partial charge in [-0.3, -0.25) is 19.1 Å². The maximum absolute atomic E-state index is 13.9. The summed E-state index contributed by atoms with van der Waals surface area (Å²) < 4.78 is 3.13. The van der Waals surface area contributed by atoms with Crippen molar-refractivity contribution in [3.05, 3.63) is 94.8 Å². The Morgan fingerprint density at radius 3 is 2.67 bits per heavy atom. The molecular formula is C30H26ClN9O3. The number of anilines is 2. The van der Waals surface area contributed by atoms with Gasteiger partial charge in [-0.15, -0.1) is 5.10 Å². The van der Waals surface area contributed by atoms with E-state index in [4.69, 9.17) is 11.6 Å². The molecule has 0 bridgehead atoms. The van der Waals surface area contributed by atoms with Gasteiger partial charge in [0.05, 0.1) is 11.2 Å². The van der Waals surface area contributed by atoms with E-state index in [1.165, 1.54) is 24.0 Å². The maximum atomic E-state index is 13.9. The second-order valence-electron chi connectivity index (χ2n) is 10.0. The molecule has 0 saturated heterocycles. The Kier molecular flexibility index (Phi) is 7.43. The monoisotopic (exact) mass is 595 g/mol. The first-order valence-electron chi connectivity index (χ1n) is 13.4. The number of carbonyl (C=O) groups excluding carboxylic acids is 3. The second-order valence-corrected chi connectivity index (χ2v) is 10.5. The summed E-state index contributed by atoms with van der Waals surface area (Å²) >= 11 is 6.24. The smallest absolute Gasteiger partial charge is 0.251 e. The van der Waals surface area contributed by atoms with Crippen molar-refractivity contribution < 1.29 is 14.4 Å². The van der Waals surface area contributed by atoms with E-state index in [-0.39, 0.29) is 17.7 Å². The number of nitrogens with one attached hydrogen (secondary N) is 2. The Morgan fingerprint density at radius 2 is 1.88 bits per heavy atom. The standard InChI is InChI=1S/C30H26ClN9O3/c1-18(41)33-29-24-16-22(9-11-26(24)38(2)35-29)34-30(43)28-23-6-4-3-5-19(23)13-14-39(28)27(42)12-7-20-15-21(31)8-10-25(20)40-17-32-36-37-40/h3-12,15-17,28H,13-14H2,1-2H3,(H,34,43)(H,33,35,41)/t28-/m0/s1. The Labute approximate surface area is 250 Å². The topological polar surface area (TPSA) is 140 Å². The number of fused-ring (bicyclic) bond motifs is 2. The molecule has 0 aliphatic carbocycles. The Balaban J connectivity index is 1.31. The van der Waals surface area contributed by atoms with Gasteiger partial charge in [-0.05, 0) is 70.4 Å². The van der Waals surface area contributed by atoms with Crippen LogP contribution in [-0.2, 0) is 27.9 Å². The van der Waals surface area contributed by atoms with Crippen molar-refractivity contribution in [1.29, 1.82) is 0 Å². The lowest BCUT2D eigenvalue weighted by Crippen LogP contribution is -2.44. The first-order chi connectivity index (χ1) is 20.8. The molecule has 6 rings (SSSR count). The third kappa shape index (κ3) is 5.60. The number of aryl methyl sites for hydroxylation is 1. The molecule has 2 N–H and O–H groups in total. The maximum Gasteiger partial charge on any atom is 0.251 e. The van der Waals surface area contributed by atoms with E-state index < -0.39 is 6.04 Å². The van der Waals surface area contributed by atoms with Crippen molar-refractivity contribution in [1.82, 2.24) is 34.9 Å². The van der Waals surface area contributed by atoms with Crippen molar-refractivity contribution in [3.63, 3.8) is 0 Å². The summed E-state index contributed by atoms with van der Waals surface area (Å²) in [5.74, 6) is -0.560. The summed E-state index contributed by atoms with van der Waals surface area (Å²) in [4.78, 5) is 40.9. The first kappa shape index (κ1) is 27.8. The van der Waals surface area contributed by atoms with Crippen molar-refractivity contribution >= 4 is 57.8 Å². The third-order valence-corrected chi connectivity index (χ3v) is 7.45. The summed E-state index contributed by atoms with van der Waals surface area (Å²) in [5.41, 5.74) is 4.32. The van der Waals surface area contributed by atoms with Gasteiger partial charge in [-0.2, -0.15) is 9.78 Å². The molecule has 1 atom stereocenters. The number of nitrogens with zero attached hydrogens (tertiary/aromatic N) is 7. The third-order valence-electron chi connectivity index (χ3n) is 7.22. The van der Waals surface area contributed by atoms with Crippen LogP contribution < -0.4 is 10.6 Å². The second kappa shape index (κ2) is 11.5. The molecule has 0 saturated carbocycles. The van der Waals surface area contributed by atoms with Gasteiger partial charge < -0.3 is 15.5 Å². The molecule has 43 heavy (non-hydrogen) atoms. The summed E-state index contributed by atoms with van der Waals surface area (Å²) in [6, 6.07) is 17.3. The highest BCUT2D eigenvalue weighted by atomic mass is 35.5. The summed E-state index contributed by atoms with van der Waals surface area (Å²) in [6.45, 7) is 1.76. The Bertz CT molecular complexity index is 1900. The molecule has 3 heterocycles. The van der Waals surface area contributed by atoms with E-state index in [1.807, 2.05) is 30.3 Å². The van der Waals surface area contributed by atoms with Crippen LogP contribution in [0.2, 0.25) is 5.02 Å². The van der Waals surface area contributed by atoms with Gasteiger partial charge in [0, 0.05) is 48.3 Å². The van der Waals surface area contributed by atoms with Crippen LogP contribution in [0, 0.1) is 0 Å². The average Bonchev–Trinajstić information content (AvgIpc) is 3.63. The fourth-order valence-corrected chi connectivity index (χ4v) is 5.48. The van der Waals surface area contributed by atoms with Crippen molar-refractivity contribution in [2.75, 3.05) is 17.2 Å². The molecule has 0 unspecified atom stereocenters. The molecule has 0 radical (unpaired) electrons. The number of hydrogen-bond donors (Lipinski definition) is 2. The molecule has 3 amide bonds. The highest BCUT2D eigenvalue weighted by molar-refractivity contribution is 6.30. The Hall–Kier alpha value is -5.36. The number of rotatable bonds is 6. The molecule has 1 aliphatic heterocycles. The molecular weight excluding hydrogens is 570 g/mol. The molecule has 12 nitrogen and oxygen atoms in total. The highest BCUT2D eigenvalue weighted by Gasteiger charge is 2.35. The largest absolute Gasteiger partial charge is 0.324 e. The van der Waals surface area contributed by atoms with Crippen LogP contribution in [0.1, 0.15) is 29.7 Å². The quantitative estimate of drug-likeness (QED) is 0.283. The van der Waals surface area contributed by atoms with E-state index in [0.29, 0.717) is 46.1 Å². The zero-order valence-electron chi connectivity index (χ0n) is 23.2. The Morgan fingerprint density at radius 1 is 1.05 bits per heavy atom. The highest BCUT2D eigenvalue weighted by Crippen LogP contribution is 2.33. The SMILES string of the molecule is CC(=O)Nc1nn(C)c2ccc(NC(=O)[C@@H]3c4ccccc4CCN3C(=O)C=Cc3cc(Cl)ccc3-n3cnnn3)cc12. The van der Waals surface area contributed by atoms with Crippen molar-refractivity contribution in [2.45, 2.75) is 19.4 Å². The molecule has 216 valence electrons. The lowest BCUT2D eigenvalue weighted by molar-refractivity contribution is -0.135. The van der Waals surface area contributed by atoms with E-state index in [2.05, 4.69) is 31.3 Å². The lowest BCUT2D eigenvalue weighted by Gasteiger charge is -2.35. The van der Waals surface area contributed by atoms with Crippen LogP contribution in [0.25, 0.3) is 22.7 Å². The zero-order valence-corrected chi connectivity index (χ0v) is 24.0. The predicted molar refractivity (Wildman–Crippen MR) is 161 cm³/mol. The molecule has 0 spiro atoms. The molecule has 13 heteroatoms. The summed E-state index contributed by atoms with van der Waals surface area (Å²) in [6.07, 6.45) is 5.12. The van der Waals surface area contributed by atoms with Gasteiger partial charge in [-0.25, -0.2) is 0 Å². The van der Waals surface area contributed by atoms with Gasteiger partial charge in [0.25, 0.3) is 5.91 Å². The van der Waals surface area contributed by atoms with Gasteiger partial charge in [0.1, 0.15) is 12.4 Å². The fourth-order valence-electron chi connectivity index (χ4n) is 5.30. The number of benzene rings is 3. The van der Waals surface area contributed by atoms with Crippen molar-refractivity contribution in [2.24, 2.45) is 7.05 Å². The number of carbonyl (C=O) groups is 3. The minimum atomic E-state index is -0.875. The van der Waals surface area contributed by atoms with E-state index >= 15 is 0 Å².